The second-order valence-corrected chi connectivity index (χ2v) is 12.3. The fourth-order valence-corrected chi connectivity index (χ4v) is 6.94. The summed E-state index contributed by atoms with van der Waals surface area (Å²) in [7, 11) is 0. The molecule has 0 radical (unpaired) electrons. The van der Waals surface area contributed by atoms with Gasteiger partial charge in [-0.3, -0.25) is 4.98 Å². The van der Waals surface area contributed by atoms with E-state index in [1.165, 1.54) is 38.9 Å². The summed E-state index contributed by atoms with van der Waals surface area (Å²) in [5.74, 6) is 1.91. The molecule has 0 N–H and O–H groups in total. The van der Waals surface area contributed by atoms with E-state index in [4.69, 9.17) is 15.0 Å². The molecule has 2 heterocycles. The average Bonchev–Trinajstić information content (AvgIpc) is 3.58. The molecular weight excluding hydrogens is 609 g/mol. The number of nitrogens with zero attached hydrogens (tertiary/aromatic N) is 4. The van der Waals surface area contributed by atoms with Crippen molar-refractivity contribution in [2.24, 2.45) is 0 Å². The first-order valence-corrected chi connectivity index (χ1v) is 16.5. The quantitative estimate of drug-likeness (QED) is 0.181. The van der Waals surface area contributed by atoms with E-state index in [2.05, 4.69) is 96.0 Å². The molecule has 0 spiro atoms. The van der Waals surface area contributed by atoms with E-state index >= 15 is 0 Å². The van der Waals surface area contributed by atoms with E-state index in [0.29, 0.717) is 17.5 Å². The first-order valence-electron chi connectivity index (χ1n) is 16.5. The van der Waals surface area contributed by atoms with Gasteiger partial charge in [-0.15, -0.1) is 0 Å². The van der Waals surface area contributed by atoms with Gasteiger partial charge in [-0.05, 0) is 80.8 Å². The zero-order valence-electron chi connectivity index (χ0n) is 26.7. The van der Waals surface area contributed by atoms with Crippen LogP contribution in [-0.4, -0.2) is 19.9 Å². The van der Waals surface area contributed by atoms with Crippen molar-refractivity contribution in [3.63, 3.8) is 0 Å². The van der Waals surface area contributed by atoms with Gasteiger partial charge in [0.25, 0.3) is 0 Å². The summed E-state index contributed by atoms with van der Waals surface area (Å²) in [6.07, 6.45) is 4.59. The van der Waals surface area contributed by atoms with Crippen LogP contribution in [0.1, 0.15) is 18.6 Å². The van der Waals surface area contributed by atoms with Gasteiger partial charge in [0.15, 0.2) is 17.5 Å². The van der Waals surface area contributed by atoms with Crippen molar-refractivity contribution in [3.05, 3.63) is 181 Å². The van der Waals surface area contributed by atoms with Crippen molar-refractivity contribution in [2.75, 3.05) is 0 Å². The highest BCUT2D eigenvalue weighted by atomic mass is 15.0. The number of fused-ring (bicyclic) bond motifs is 3. The molecule has 1 aliphatic carbocycles. The summed E-state index contributed by atoms with van der Waals surface area (Å²) < 4.78 is 0. The normalized spacial score (nSPS) is 11.4. The van der Waals surface area contributed by atoms with Crippen LogP contribution in [0.4, 0.5) is 0 Å². The highest BCUT2D eigenvalue weighted by Gasteiger charge is 2.25. The summed E-state index contributed by atoms with van der Waals surface area (Å²) in [5, 5.41) is 0. The van der Waals surface area contributed by atoms with Crippen LogP contribution >= 0.6 is 0 Å². The molecule has 4 heteroatoms. The molecule has 50 heavy (non-hydrogen) atoms. The van der Waals surface area contributed by atoms with Crippen LogP contribution in [0.25, 0.3) is 78.7 Å². The SMILES string of the molecule is C.c1ccc(-c2nc(-c3ccccc3)nc(-c3cc(-c4cccnc4)cc(-c4cccc5c4Cc4c(-c6ccccc6)cccc4-5)c3)n2)cc1. The fraction of sp³-hybridized carbons (Fsp3) is 0.0435. The average molecular weight is 643 g/mol. The predicted molar refractivity (Wildman–Crippen MR) is 205 cm³/mol. The van der Waals surface area contributed by atoms with E-state index in [1.54, 1.807) is 0 Å². The van der Waals surface area contributed by atoms with Gasteiger partial charge in [-0.1, -0.05) is 141 Å². The molecular formula is C46H34N4. The van der Waals surface area contributed by atoms with Gasteiger partial charge in [0.1, 0.15) is 0 Å². The van der Waals surface area contributed by atoms with Crippen LogP contribution in [0.5, 0.6) is 0 Å². The van der Waals surface area contributed by atoms with Crippen LogP contribution < -0.4 is 0 Å². The number of pyridine rings is 1. The summed E-state index contributed by atoms with van der Waals surface area (Å²) in [5.41, 5.74) is 15.1. The number of hydrogen-bond donors (Lipinski definition) is 0. The topological polar surface area (TPSA) is 51.6 Å². The van der Waals surface area contributed by atoms with Crippen LogP contribution in [0.3, 0.4) is 0 Å². The van der Waals surface area contributed by atoms with Crippen molar-refractivity contribution >= 4 is 0 Å². The van der Waals surface area contributed by atoms with Gasteiger partial charge in [0, 0.05) is 34.6 Å². The van der Waals surface area contributed by atoms with Crippen molar-refractivity contribution in [2.45, 2.75) is 13.8 Å². The van der Waals surface area contributed by atoms with Crippen molar-refractivity contribution < 1.29 is 0 Å². The lowest BCUT2D eigenvalue weighted by atomic mass is 9.91. The Morgan fingerprint density at radius 2 is 0.780 bits per heavy atom. The first-order chi connectivity index (χ1) is 24.3. The third-order valence-corrected chi connectivity index (χ3v) is 9.28. The molecule has 4 nitrogen and oxygen atoms in total. The Bertz CT molecular complexity index is 2380. The van der Waals surface area contributed by atoms with Crippen molar-refractivity contribution in [1.82, 2.24) is 19.9 Å². The Balaban J connectivity index is 0.00000361. The number of aromatic nitrogens is 4. The summed E-state index contributed by atoms with van der Waals surface area (Å²) >= 11 is 0. The number of rotatable bonds is 6. The molecule has 0 atom stereocenters. The maximum atomic E-state index is 5.08. The first kappa shape index (κ1) is 30.8. The third kappa shape index (κ3) is 5.67. The Labute approximate surface area is 292 Å². The van der Waals surface area contributed by atoms with Crippen molar-refractivity contribution in [1.29, 1.82) is 0 Å². The smallest absolute Gasteiger partial charge is 0.164 e. The summed E-state index contributed by atoms with van der Waals surface area (Å²) in [6.45, 7) is 0. The minimum absolute atomic E-state index is 0. The van der Waals surface area contributed by atoms with E-state index in [0.717, 1.165) is 39.8 Å². The van der Waals surface area contributed by atoms with Crippen LogP contribution in [0.15, 0.2) is 170 Å². The molecule has 0 saturated heterocycles. The molecule has 0 amide bonds. The third-order valence-electron chi connectivity index (χ3n) is 9.28. The maximum Gasteiger partial charge on any atom is 0.164 e. The molecule has 0 aliphatic heterocycles. The van der Waals surface area contributed by atoms with Crippen molar-refractivity contribution in [3.8, 4) is 78.7 Å². The minimum atomic E-state index is 0. The molecule has 0 unspecified atom stereocenters. The van der Waals surface area contributed by atoms with Gasteiger partial charge >= 0.3 is 0 Å². The lowest BCUT2D eigenvalue weighted by molar-refractivity contribution is 1.07. The molecule has 6 aromatic carbocycles. The van der Waals surface area contributed by atoms with E-state index < -0.39 is 0 Å². The Morgan fingerprint density at radius 1 is 0.340 bits per heavy atom. The highest BCUT2D eigenvalue weighted by molar-refractivity contribution is 5.91. The molecule has 238 valence electrons. The Hall–Kier alpha value is -6.52. The second kappa shape index (κ2) is 13.2. The molecule has 9 rings (SSSR count). The predicted octanol–water partition coefficient (Wildman–Crippen LogP) is 11.5. The molecule has 0 fully saturated rings. The van der Waals surface area contributed by atoms with Gasteiger partial charge in [0.2, 0.25) is 0 Å². The van der Waals surface area contributed by atoms with Gasteiger partial charge in [-0.2, -0.15) is 0 Å². The number of hydrogen-bond acceptors (Lipinski definition) is 4. The lowest BCUT2D eigenvalue weighted by Crippen LogP contribution is -2.00. The van der Waals surface area contributed by atoms with E-state index in [1.807, 2.05) is 79.1 Å². The summed E-state index contributed by atoms with van der Waals surface area (Å²) in [6, 6.07) is 55.1. The van der Waals surface area contributed by atoms with Gasteiger partial charge < -0.3 is 0 Å². The maximum absolute atomic E-state index is 5.08. The van der Waals surface area contributed by atoms with Crippen LogP contribution in [-0.2, 0) is 6.42 Å². The minimum Gasteiger partial charge on any atom is -0.264 e. The van der Waals surface area contributed by atoms with E-state index in [-0.39, 0.29) is 7.43 Å². The highest BCUT2D eigenvalue weighted by Crippen LogP contribution is 2.46. The lowest BCUT2D eigenvalue weighted by Gasteiger charge is -2.14. The molecule has 0 saturated carbocycles. The Morgan fingerprint density at radius 3 is 1.32 bits per heavy atom. The Kier molecular flexibility index (Phi) is 8.11. The summed E-state index contributed by atoms with van der Waals surface area (Å²) in [4.78, 5) is 19.5. The standard InChI is InChI=1S/C45H30N4.CH4/c1-4-13-30(14-5-1)37-20-10-22-39-40-23-11-21-38(42(40)28-41(37)39)35-25-34(33-19-12-24-46-29-33)26-36(27-35)45-48-43(31-15-6-2-7-16-31)47-44(49-45)32-17-8-3-9-18-32;/h1-27,29H,28H2;1H4. The largest absolute Gasteiger partial charge is 0.264 e. The van der Waals surface area contributed by atoms with Gasteiger partial charge in [-0.25, -0.2) is 15.0 Å². The zero-order chi connectivity index (χ0) is 32.6. The molecule has 0 bridgehead atoms. The fourth-order valence-electron chi connectivity index (χ4n) is 6.94. The van der Waals surface area contributed by atoms with E-state index in [9.17, 15) is 0 Å². The van der Waals surface area contributed by atoms with Gasteiger partial charge in [0.05, 0.1) is 0 Å². The molecule has 1 aliphatic rings. The monoisotopic (exact) mass is 642 g/mol. The number of benzene rings is 6. The molecule has 8 aromatic rings. The van der Waals surface area contributed by atoms with Crippen LogP contribution in [0.2, 0.25) is 0 Å². The second-order valence-electron chi connectivity index (χ2n) is 12.3. The molecule has 2 aromatic heterocycles. The zero-order valence-corrected chi connectivity index (χ0v) is 26.7. The van der Waals surface area contributed by atoms with Crippen LogP contribution in [0, 0.1) is 0 Å².